The number of anilines is 1. The predicted molar refractivity (Wildman–Crippen MR) is 108 cm³/mol. The molecule has 0 saturated heterocycles. The molecule has 0 fully saturated rings. The number of nitrogens with one attached hydrogen (secondary N) is 2. The van der Waals surface area contributed by atoms with E-state index in [-0.39, 0.29) is 18.1 Å². The van der Waals surface area contributed by atoms with E-state index >= 15 is 0 Å². The van der Waals surface area contributed by atoms with E-state index in [2.05, 4.69) is 20.5 Å². The van der Waals surface area contributed by atoms with Gasteiger partial charge in [-0.2, -0.15) is 5.10 Å². The zero-order valence-electron chi connectivity index (χ0n) is 15.3. The second kappa shape index (κ2) is 7.44. The number of nitrogens with zero attached hydrogens (tertiary/aromatic N) is 2. The molecular weight excluding hydrogens is 352 g/mol. The van der Waals surface area contributed by atoms with Crippen molar-refractivity contribution in [2.45, 2.75) is 13.3 Å². The Balaban J connectivity index is 1.59. The summed E-state index contributed by atoms with van der Waals surface area (Å²) in [7, 11) is 0. The first-order chi connectivity index (χ1) is 13.6. The number of carbonyl (C=O) groups is 2. The average molecular weight is 370 g/mol. The van der Waals surface area contributed by atoms with E-state index in [1.165, 1.54) is 0 Å². The van der Waals surface area contributed by atoms with Crippen LogP contribution in [0.2, 0.25) is 0 Å². The van der Waals surface area contributed by atoms with Crippen LogP contribution in [0.25, 0.3) is 22.2 Å². The van der Waals surface area contributed by atoms with Crippen molar-refractivity contribution in [3.8, 4) is 11.3 Å². The Hall–Kier alpha value is -3.80. The minimum atomic E-state index is -0.131. The molecule has 138 valence electrons. The number of carbonyl (C=O) groups excluding carboxylic acids is 2. The highest BCUT2D eigenvalue weighted by molar-refractivity contribution is 5.99. The van der Waals surface area contributed by atoms with E-state index in [9.17, 15) is 9.59 Å². The van der Waals surface area contributed by atoms with Gasteiger partial charge in [-0.05, 0) is 37.3 Å². The minimum absolute atomic E-state index is 0.0244. The Morgan fingerprint density at radius 2 is 1.86 bits per heavy atom. The standard InChI is InChI=1S/C22H18N4O2/c1-14(27)15-5-7-16(8-6-15)22-19-12-18(9-10-20(19)25-26-22)24-21(28)13-17-4-2-3-11-23-17/h2-12H,13H2,1H3,(H,24,28)(H,25,26). The highest BCUT2D eigenvalue weighted by Gasteiger charge is 2.11. The van der Waals surface area contributed by atoms with Crippen molar-refractivity contribution in [1.29, 1.82) is 0 Å². The van der Waals surface area contributed by atoms with Gasteiger partial charge in [0.2, 0.25) is 5.91 Å². The maximum absolute atomic E-state index is 12.3. The van der Waals surface area contributed by atoms with Crippen LogP contribution in [-0.2, 0) is 11.2 Å². The van der Waals surface area contributed by atoms with E-state index in [0.717, 1.165) is 27.9 Å². The normalized spacial score (nSPS) is 10.8. The molecule has 2 heterocycles. The maximum atomic E-state index is 12.3. The van der Waals surface area contributed by atoms with Gasteiger partial charge in [-0.15, -0.1) is 0 Å². The number of aromatic nitrogens is 3. The van der Waals surface area contributed by atoms with Crippen LogP contribution in [0.1, 0.15) is 23.0 Å². The SMILES string of the molecule is CC(=O)c1ccc(-c2n[nH]c3ccc(NC(=O)Cc4ccccn4)cc23)cc1. The van der Waals surface area contributed by atoms with Crippen molar-refractivity contribution < 1.29 is 9.59 Å². The summed E-state index contributed by atoms with van der Waals surface area (Å²) in [5.41, 5.74) is 4.60. The van der Waals surface area contributed by atoms with Crippen molar-refractivity contribution in [3.63, 3.8) is 0 Å². The number of hydrogen-bond acceptors (Lipinski definition) is 4. The van der Waals surface area contributed by atoms with Gasteiger partial charge in [-0.1, -0.05) is 30.3 Å². The molecule has 2 aromatic carbocycles. The summed E-state index contributed by atoms with van der Waals surface area (Å²) in [5, 5.41) is 11.2. The zero-order chi connectivity index (χ0) is 19.5. The van der Waals surface area contributed by atoms with Gasteiger partial charge in [0.15, 0.2) is 5.78 Å². The van der Waals surface area contributed by atoms with Crippen LogP contribution in [0.15, 0.2) is 66.9 Å². The van der Waals surface area contributed by atoms with Crippen LogP contribution >= 0.6 is 0 Å². The Labute approximate surface area is 161 Å². The number of benzene rings is 2. The largest absolute Gasteiger partial charge is 0.326 e. The Morgan fingerprint density at radius 3 is 2.57 bits per heavy atom. The van der Waals surface area contributed by atoms with E-state index in [4.69, 9.17) is 0 Å². The molecule has 6 heteroatoms. The van der Waals surface area contributed by atoms with Gasteiger partial charge in [-0.25, -0.2) is 0 Å². The lowest BCUT2D eigenvalue weighted by atomic mass is 10.0. The highest BCUT2D eigenvalue weighted by Crippen LogP contribution is 2.28. The molecule has 0 unspecified atom stereocenters. The Morgan fingerprint density at radius 1 is 1.04 bits per heavy atom. The van der Waals surface area contributed by atoms with E-state index in [1.807, 2.05) is 48.5 Å². The number of pyridine rings is 1. The number of hydrogen-bond donors (Lipinski definition) is 2. The molecule has 0 aliphatic carbocycles. The molecule has 28 heavy (non-hydrogen) atoms. The molecule has 0 saturated carbocycles. The number of H-pyrrole nitrogens is 1. The van der Waals surface area contributed by atoms with Gasteiger partial charge < -0.3 is 5.32 Å². The Kier molecular flexibility index (Phi) is 4.68. The van der Waals surface area contributed by atoms with Crippen molar-refractivity contribution in [1.82, 2.24) is 15.2 Å². The minimum Gasteiger partial charge on any atom is -0.326 e. The molecule has 0 aliphatic heterocycles. The predicted octanol–water partition coefficient (Wildman–Crippen LogP) is 4.01. The van der Waals surface area contributed by atoms with Gasteiger partial charge in [0.25, 0.3) is 0 Å². The summed E-state index contributed by atoms with van der Waals surface area (Å²) in [6, 6.07) is 18.4. The van der Waals surface area contributed by atoms with Crippen LogP contribution in [0.3, 0.4) is 0 Å². The van der Waals surface area contributed by atoms with Gasteiger partial charge in [0.1, 0.15) is 0 Å². The molecule has 2 N–H and O–H groups in total. The summed E-state index contributed by atoms with van der Waals surface area (Å²) in [6.45, 7) is 1.54. The third kappa shape index (κ3) is 3.66. The first-order valence-electron chi connectivity index (χ1n) is 8.89. The smallest absolute Gasteiger partial charge is 0.230 e. The monoisotopic (exact) mass is 370 g/mol. The lowest BCUT2D eigenvalue weighted by Gasteiger charge is -2.06. The van der Waals surface area contributed by atoms with Crippen LogP contribution in [0.4, 0.5) is 5.69 Å². The second-order valence-electron chi connectivity index (χ2n) is 6.51. The third-order valence-corrected chi connectivity index (χ3v) is 4.48. The zero-order valence-corrected chi connectivity index (χ0v) is 15.3. The van der Waals surface area contributed by atoms with Gasteiger partial charge in [-0.3, -0.25) is 19.7 Å². The van der Waals surface area contributed by atoms with Crippen LogP contribution in [0.5, 0.6) is 0 Å². The van der Waals surface area contributed by atoms with Crippen molar-refractivity contribution in [2.75, 3.05) is 5.32 Å². The van der Waals surface area contributed by atoms with Gasteiger partial charge >= 0.3 is 0 Å². The summed E-state index contributed by atoms with van der Waals surface area (Å²) in [5.74, 6) is -0.106. The summed E-state index contributed by atoms with van der Waals surface area (Å²) in [6.07, 6.45) is 1.88. The van der Waals surface area contributed by atoms with Crippen molar-refractivity contribution in [3.05, 3.63) is 78.1 Å². The fourth-order valence-corrected chi connectivity index (χ4v) is 3.05. The Bertz CT molecular complexity index is 1150. The molecule has 0 aliphatic rings. The third-order valence-electron chi connectivity index (χ3n) is 4.48. The summed E-state index contributed by atoms with van der Waals surface area (Å²) >= 11 is 0. The van der Waals surface area contributed by atoms with Crippen LogP contribution in [-0.4, -0.2) is 26.9 Å². The second-order valence-corrected chi connectivity index (χ2v) is 6.51. The lowest BCUT2D eigenvalue weighted by Crippen LogP contribution is -2.14. The van der Waals surface area contributed by atoms with Crippen LogP contribution < -0.4 is 5.32 Å². The van der Waals surface area contributed by atoms with E-state index < -0.39 is 0 Å². The molecule has 0 atom stereocenters. The number of fused-ring (bicyclic) bond motifs is 1. The highest BCUT2D eigenvalue weighted by atomic mass is 16.1. The topological polar surface area (TPSA) is 87.7 Å². The number of Topliss-reactive ketones (excluding diaryl/α,β-unsaturated/α-hetero) is 1. The molecule has 0 bridgehead atoms. The quantitative estimate of drug-likeness (QED) is 0.520. The van der Waals surface area contributed by atoms with E-state index in [1.54, 1.807) is 25.3 Å². The molecule has 0 spiro atoms. The maximum Gasteiger partial charge on any atom is 0.230 e. The van der Waals surface area contributed by atoms with Crippen LogP contribution in [0, 0.1) is 0 Å². The number of aromatic amines is 1. The van der Waals surface area contributed by atoms with Gasteiger partial charge in [0.05, 0.1) is 17.6 Å². The number of ketones is 1. The molecule has 4 aromatic rings. The molecular formula is C22H18N4O2. The average Bonchev–Trinajstić information content (AvgIpc) is 3.12. The van der Waals surface area contributed by atoms with Crippen molar-refractivity contribution in [2.24, 2.45) is 0 Å². The first kappa shape index (κ1) is 17.6. The molecule has 1 amide bonds. The fourth-order valence-electron chi connectivity index (χ4n) is 3.05. The number of rotatable bonds is 5. The summed E-state index contributed by atoms with van der Waals surface area (Å²) in [4.78, 5) is 27.9. The molecule has 4 rings (SSSR count). The molecule has 2 aromatic heterocycles. The van der Waals surface area contributed by atoms with E-state index in [0.29, 0.717) is 11.3 Å². The van der Waals surface area contributed by atoms with Gasteiger partial charge in [0, 0.05) is 34.1 Å². The lowest BCUT2D eigenvalue weighted by molar-refractivity contribution is -0.115. The number of amides is 1. The summed E-state index contributed by atoms with van der Waals surface area (Å²) < 4.78 is 0. The van der Waals surface area contributed by atoms with Crippen molar-refractivity contribution >= 4 is 28.3 Å². The fraction of sp³-hybridized carbons (Fsp3) is 0.0909. The first-order valence-corrected chi connectivity index (χ1v) is 8.89. The molecule has 0 radical (unpaired) electrons. The molecule has 6 nitrogen and oxygen atoms in total.